The number of carbonyl (C=O) groups is 1. The summed E-state index contributed by atoms with van der Waals surface area (Å²) in [5.74, 6) is 0.244. The number of nitrogens with zero attached hydrogens (tertiary/aromatic N) is 1. The van der Waals surface area contributed by atoms with E-state index in [9.17, 15) is 4.79 Å². The van der Waals surface area contributed by atoms with Crippen molar-refractivity contribution in [2.24, 2.45) is 5.92 Å². The Morgan fingerprint density at radius 3 is 2.69 bits per heavy atom. The number of rotatable bonds is 3. The van der Waals surface area contributed by atoms with E-state index in [1.165, 1.54) is 0 Å². The van der Waals surface area contributed by atoms with Crippen LogP contribution in [0.15, 0.2) is 0 Å². The molecule has 1 N–H and O–H groups in total. The fourth-order valence-electron chi connectivity index (χ4n) is 1.80. The molecule has 0 bridgehead atoms. The number of carbonyl (C=O) groups excluding carboxylic acids is 1. The van der Waals surface area contributed by atoms with Gasteiger partial charge in [-0.2, -0.15) is 12.6 Å². The van der Waals surface area contributed by atoms with Crippen LogP contribution in [0.25, 0.3) is 0 Å². The van der Waals surface area contributed by atoms with Crippen LogP contribution >= 0.6 is 12.6 Å². The highest BCUT2D eigenvalue weighted by atomic mass is 32.1. The minimum atomic E-state index is -0.273. The van der Waals surface area contributed by atoms with Crippen molar-refractivity contribution >= 4 is 18.5 Å². The Kier molecular flexibility index (Phi) is 5.08. The molecule has 94 valence electrons. The maximum atomic E-state index is 12.1. The second kappa shape index (κ2) is 5.89. The number of thiol groups is 1. The van der Waals surface area contributed by atoms with Crippen molar-refractivity contribution in [2.45, 2.75) is 38.2 Å². The molecule has 1 rings (SSSR count). The molecule has 1 fully saturated rings. The monoisotopic (exact) mass is 247 g/mol. The summed E-state index contributed by atoms with van der Waals surface area (Å²) in [6, 6.07) is 0. The van der Waals surface area contributed by atoms with Crippen molar-refractivity contribution in [1.82, 2.24) is 4.90 Å². The quantitative estimate of drug-likeness (QED) is 0.716. The van der Waals surface area contributed by atoms with Gasteiger partial charge in [0.2, 0.25) is 5.91 Å². The largest absolute Gasteiger partial charge is 0.394 e. The van der Waals surface area contributed by atoms with Crippen molar-refractivity contribution < 1.29 is 14.6 Å². The standard InChI is InChI=1S/C11H21NO3S/c1-7(2)10(16)11(14)12-4-8(3)15-9(5-12)6-13/h7-10,13,16H,4-6H2,1-3H3. The summed E-state index contributed by atoms with van der Waals surface area (Å²) in [4.78, 5) is 13.8. The van der Waals surface area contributed by atoms with Gasteiger partial charge in [-0.05, 0) is 12.8 Å². The molecule has 3 atom stereocenters. The number of aliphatic hydroxyl groups excluding tert-OH is 1. The van der Waals surface area contributed by atoms with Gasteiger partial charge in [-0.25, -0.2) is 0 Å². The lowest BCUT2D eigenvalue weighted by Crippen LogP contribution is -2.52. The minimum absolute atomic E-state index is 0.0254. The molecule has 0 aliphatic carbocycles. The summed E-state index contributed by atoms with van der Waals surface area (Å²) >= 11 is 4.32. The summed E-state index contributed by atoms with van der Waals surface area (Å²) in [5.41, 5.74) is 0. The number of ether oxygens (including phenoxy) is 1. The smallest absolute Gasteiger partial charge is 0.235 e. The molecule has 0 aromatic heterocycles. The van der Waals surface area contributed by atoms with Crippen LogP contribution in [-0.4, -0.2) is 53.1 Å². The number of aliphatic hydroxyl groups is 1. The number of amides is 1. The lowest BCUT2D eigenvalue weighted by Gasteiger charge is -2.37. The van der Waals surface area contributed by atoms with Crippen LogP contribution < -0.4 is 0 Å². The van der Waals surface area contributed by atoms with Gasteiger partial charge in [0.1, 0.15) is 0 Å². The van der Waals surface area contributed by atoms with Gasteiger partial charge in [0.05, 0.1) is 24.1 Å². The third kappa shape index (κ3) is 3.37. The van der Waals surface area contributed by atoms with Crippen molar-refractivity contribution in [3.05, 3.63) is 0 Å². The third-order valence-electron chi connectivity index (χ3n) is 2.73. The molecule has 1 aliphatic heterocycles. The van der Waals surface area contributed by atoms with Gasteiger partial charge < -0.3 is 14.7 Å². The van der Waals surface area contributed by atoms with E-state index in [0.717, 1.165) is 0 Å². The van der Waals surface area contributed by atoms with E-state index in [2.05, 4.69) is 12.6 Å². The molecule has 5 heteroatoms. The van der Waals surface area contributed by atoms with Crippen LogP contribution in [-0.2, 0) is 9.53 Å². The summed E-state index contributed by atoms with van der Waals surface area (Å²) < 4.78 is 5.49. The van der Waals surface area contributed by atoms with E-state index in [4.69, 9.17) is 9.84 Å². The zero-order valence-corrected chi connectivity index (χ0v) is 11.0. The highest BCUT2D eigenvalue weighted by Gasteiger charge is 2.31. The van der Waals surface area contributed by atoms with Crippen molar-refractivity contribution in [3.63, 3.8) is 0 Å². The fourth-order valence-corrected chi connectivity index (χ4v) is 1.96. The molecule has 3 unspecified atom stereocenters. The van der Waals surface area contributed by atoms with E-state index in [1.807, 2.05) is 20.8 Å². The van der Waals surface area contributed by atoms with Gasteiger partial charge in [0.25, 0.3) is 0 Å². The van der Waals surface area contributed by atoms with Crippen LogP contribution in [0.2, 0.25) is 0 Å². The van der Waals surface area contributed by atoms with Gasteiger partial charge in [-0.3, -0.25) is 4.79 Å². The lowest BCUT2D eigenvalue weighted by atomic mass is 10.1. The van der Waals surface area contributed by atoms with Gasteiger partial charge in [-0.1, -0.05) is 13.8 Å². The molecule has 0 aromatic carbocycles. The predicted molar refractivity (Wildman–Crippen MR) is 65.6 cm³/mol. The maximum Gasteiger partial charge on any atom is 0.235 e. The zero-order chi connectivity index (χ0) is 12.3. The minimum Gasteiger partial charge on any atom is -0.394 e. The summed E-state index contributed by atoms with van der Waals surface area (Å²) in [7, 11) is 0. The molecular formula is C11H21NO3S. The van der Waals surface area contributed by atoms with Crippen LogP contribution in [0, 0.1) is 5.92 Å². The number of hydrogen-bond acceptors (Lipinski definition) is 4. The Hall–Kier alpha value is -0.260. The van der Waals surface area contributed by atoms with E-state index in [-0.39, 0.29) is 35.9 Å². The van der Waals surface area contributed by atoms with Gasteiger partial charge >= 0.3 is 0 Å². The van der Waals surface area contributed by atoms with Crippen molar-refractivity contribution in [3.8, 4) is 0 Å². The normalized spacial score (nSPS) is 28.2. The van der Waals surface area contributed by atoms with E-state index in [0.29, 0.717) is 13.1 Å². The molecule has 0 spiro atoms. The molecule has 0 radical (unpaired) electrons. The van der Waals surface area contributed by atoms with Gasteiger partial charge in [0.15, 0.2) is 0 Å². The lowest BCUT2D eigenvalue weighted by molar-refractivity contribution is -0.147. The molecule has 1 saturated heterocycles. The second-order valence-electron chi connectivity index (χ2n) is 4.68. The van der Waals surface area contributed by atoms with Crippen LogP contribution in [0.3, 0.4) is 0 Å². The molecule has 16 heavy (non-hydrogen) atoms. The Bertz CT molecular complexity index is 247. The topological polar surface area (TPSA) is 49.8 Å². The molecular weight excluding hydrogens is 226 g/mol. The number of morpholine rings is 1. The molecule has 0 aromatic rings. The first-order valence-electron chi connectivity index (χ1n) is 5.68. The maximum absolute atomic E-state index is 12.1. The van der Waals surface area contributed by atoms with Crippen LogP contribution in [0.5, 0.6) is 0 Å². The van der Waals surface area contributed by atoms with Crippen LogP contribution in [0.1, 0.15) is 20.8 Å². The van der Waals surface area contributed by atoms with Gasteiger partial charge in [0, 0.05) is 13.1 Å². The first-order valence-corrected chi connectivity index (χ1v) is 6.20. The fraction of sp³-hybridized carbons (Fsp3) is 0.909. The molecule has 4 nitrogen and oxygen atoms in total. The second-order valence-corrected chi connectivity index (χ2v) is 5.24. The number of hydrogen-bond donors (Lipinski definition) is 2. The van der Waals surface area contributed by atoms with Crippen molar-refractivity contribution in [1.29, 1.82) is 0 Å². The summed E-state index contributed by atoms with van der Waals surface area (Å²) in [5, 5.41) is 8.80. The van der Waals surface area contributed by atoms with E-state index >= 15 is 0 Å². The Morgan fingerprint density at radius 1 is 1.56 bits per heavy atom. The van der Waals surface area contributed by atoms with Crippen LogP contribution in [0.4, 0.5) is 0 Å². The molecule has 0 saturated carbocycles. The molecule has 1 aliphatic rings. The summed E-state index contributed by atoms with van der Waals surface area (Å²) in [6.07, 6.45) is -0.289. The first kappa shape index (κ1) is 13.8. The first-order chi connectivity index (χ1) is 7.45. The SMILES string of the molecule is CC1CN(C(=O)C(S)C(C)C)CC(CO)O1. The Balaban J connectivity index is 2.61. The Morgan fingerprint density at radius 2 is 2.19 bits per heavy atom. The molecule has 1 heterocycles. The Labute approximate surface area is 102 Å². The van der Waals surface area contributed by atoms with Gasteiger partial charge in [-0.15, -0.1) is 0 Å². The van der Waals surface area contributed by atoms with E-state index < -0.39 is 0 Å². The predicted octanol–water partition coefficient (Wildman–Crippen LogP) is 0.549. The van der Waals surface area contributed by atoms with Crippen molar-refractivity contribution in [2.75, 3.05) is 19.7 Å². The van der Waals surface area contributed by atoms with E-state index in [1.54, 1.807) is 4.90 Å². The molecule has 1 amide bonds. The highest BCUT2D eigenvalue weighted by molar-refractivity contribution is 7.81. The average molecular weight is 247 g/mol. The average Bonchev–Trinajstić information content (AvgIpc) is 2.25. The zero-order valence-electron chi connectivity index (χ0n) is 10.1. The third-order valence-corrected chi connectivity index (χ3v) is 3.54. The highest BCUT2D eigenvalue weighted by Crippen LogP contribution is 2.17. The summed E-state index contributed by atoms with van der Waals surface area (Å²) in [6.45, 7) is 6.85.